The fourth-order valence-corrected chi connectivity index (χ4v) is 3.14. The first kappa shape index (κ1) is 13.9. The van der Waals surface area contributed by atoms with Crippen LogP contribution in [0.4, 0.5) is 0 Å². The van der Waals surface area contributed by atoms with Crippen molar-refractivity contribution in [2.45, 2.75) is 12.5 Å². The van der Waals surface area contributed by atoms with Crippen molar-refractivity contribution in [1.29, 1.82) is 0 Å². The molecular weight excluding hydrogens is 278 g/mol. The van der Waals surface area contributed by atoms with Gasteiger partial charge < -0.3 is 5.32 Å². The molecule has 0 spiro atoms. The third kappa shape index (κ3) is 3.35. The molecule has 0 saturated heterocycles. The highest BCUT2D eigenvalue weighted by molar-refractivity contribution is 7.09. The molecule has 0 radical (unpaired) electrons. The summed E-state index contributed by atoms with van der Waals surface area (Å²) in [4.78, 5) is 8.94. The van der Waals surface area contributed by atoms with Crippen molar-refractivity contribution >= 4 is 11.3 Å². The van der Waals surface area contributed by atoms with E-state index in [4.69, 9.17) is 4.98 Å². The molecule has 0 aliphatic carbocycles. The lowest BCUT2D eigenvalue weighted by atomic mass is 10.1. The summed E-state index contributed by atoms with van der Waals surface area (Å²) in [6.45, 7) is 0. The van der Waals surface area contributed by atoms with E-state index in [0.717, 1.165) is 17.1 Å². The molecule has 1 N–H and O–H groups in total. The molecule has 2 heterocycles. The second-order valence-corrected chi connectivity index (χ2v) is 5.77. The van der Waals surface area contributed by atoms with Crippen molar-refractivity contribution in [3.8, 4) is 11.3 Å². The number of hydrogen-bond donors (Lipinski definition) is 1. The minimum absolute atomic E-state index is 0.244. The van der Waals surface area contributed by atoms with Gasteiger partial charge in [0.25, 0.3) is 0 Å². The monoisotopic (exact) mass is 295 g/mol. The highest BCUT2D eigenvalue weighted by Gasteiger charge is 2.13. The summed E-state index contributed by atoms with van der Waals surface area (Å²) in [7, 11) is 1.98. The van der Waals surface area contributed by atoms with Gasteiger partial charge in [-0.15, -0.1) is 11.3 Å². The maximum absolute atomic E-state index is 4.75. The van der Waals surface area contributed by atoms with Crippen molar-refractivity contribution < 1.29 is 0 Å². The summed E-state index contributed by atoms with van der Waals surface area (Å²) in [5, 5.41) is 6.60. The van der Waals surface area contributed by atoms with Gasteiger partial charge in [-0.1, -0.05) is 36.4 Å². The van der Waals surface area contributed by atoms with Crippen LogP contribution in [0, 0.1) is 0 Å². The third-order valence-electron chi connectivity index (χ3n) is 3.44. The number of benzene rings is 1. The normalized spacial score (nSPS) is 12.2. The number of nitrogens with one attached hydrogen (secondary N) is 1. The summed E-state index contributed by atoms with van der Waals surface area (Å²) in [5.41, 5.74) is 3.41. The topological polar surface area (TPSA) is 37.8 Å². The van der Waals surface area contributed by atoms with Crippen molar-refractivity contribution in [3.63, 3.8) is 0 Å². The van der Waals surface area contributed by atoms with E-state index < -0.39 is 0 Å². The van der Waals surface area contributed by atoms with E-state index in [9.17, 15) is 0 Å². The van der Waals surface area contributed by atoms with Crippen molar-refractivity contribution in [2.75, 3.05) is 7.05 Å². The number of likely N-dealkylation sites (N-methyl/N-ethyl adjacent to an activating group) is 1. The summed E-state index contributed by atoms with van der Waals surface area (Å²) in [6, 6.07) is 14.6. The van der Waals surface area contributed by atoms with Gasteiger partial charge >= 0.3 is 0 Å². The molecule has 4 heteroatoms. The Morgan fingerprint density at radius 2 is 2.00 bits per heavy atom. The number of hydrogen-bond acceptors (Lipinski definition) is 4. The molecule has 0 aliphatic rings. The van der Waals surface area contributed by atoms with Crippen LogP contribution in [0.15, 0.2) is 60.2 Å². The molecule has 0 saturated carbocycles. The summed E-state index contributed by atoms with van der Waals surface area (Å²) in [5.74, 6) is 0. The lowest BCUT2D eigenvalue weighted by Crippen LogP contribution is -2.18. The highest BCUT2D eigenvalue weighted by Crippen LogP contribution is 2.25. The molecule has 0 fully saturated rings. The predicted molar refractivity (Wildman–Crippen MR) is 87.3 cm³/mol. The zero-order chi connectivity index (χ0) is 14.5. The van der Waals surface area contributed by atoms with Crippen LogP contribution in [-0.4, -0.2) is 17.0 Å². The smallest absolute Gasteiger partial charge is 0.0951 e. The molecule has 0 amide bonds. The van der Waals surface area contributed by atoms with Crippen molar-refractivity contribution in [1.82, 2.24) is 15.3 Å². The van der Waals surface area contributed by atoms with E-state index in [2.05, 4.69) is 33.9 Å². The predicted octanol–water partition coefficient (Wildman–Crippen LogP) is 3.71. The fourth-order valence-electron chi connectivity index (χ4n) is 2.29. The molecule has 0 aliphatic heterocycles. The van der Waals surface area contributed by atoms with Crippen LogP contribution in [0.5, 0.6) is 0 Å². The quantitative estimate of drug-likeness (QED) is 0.780. The minimum Gasteiger partial charge on any atom is -0.313 e. The first-order valence-electron chi connectivity index (χ1n) is 6.94. The summed E-state index contributed by atoms with van der Waals surface area (Å²) in [6.07, 6.45) is 4.58. The average molecular weight is 295 g/mol. The van der Waals surface area contributed by atoms with Crippen LogP contribution in [0.2, 0.25) is 0 Å². The van der Waals surface area contributed by atoms with Crippen molar-refractivity contribution in [3.05, 3.63) is 70.8 Å². The molecule has 21 heavy (non-hydrogen) atoms. The molecular formula is C17H17N3S. The number of pyridine rings is 1. The fraction of sp³-hybridized carbons (Fsp3) is 0.176. The second kappa shape index (κ2) is 6.61. The van der Waals surface area contributed by atoms with Gasteiger partial charge in [0, 0.05) is 35.8 Å². The Kier molecular flexibility index (Phi) is 4.38. The minimum atomic E-state index is 0.244. The zero-order valence-electron chi connectivity index (χ0n) is 11.9. The summed E-state index contributed by atoms with van der Waals surface area (Å²) < 4.78 is 0. The van der Waals surface area contributed by atoms with Crippen LogP contribution in [0.1, 0.15) is 16.6 Å². The van der Waals surface area contributed by atoms with Gasteiger partial charge in [-0.3, -0.25) is 4.98 Å². The maximum atomic E-state index is 4.75. The Hall–Kier alpha value is -2.04. The second-order valence-electron chi connectivity index (χ2n) is 4.82. The Morgan fingerprint density at radius 3 is 2.71 bits per heavy atom. The first-order valence-corrected chi connectivity index (χ1v) is 7.82. The lowest BCUT2D eigenvalue weighted by Gasteiger charge is -2.14. The van der Waals surface area contributed by atoms with Crippen LogP contribution in [-0.2, 0) is 6.42 Å². The van der Waals surface area contributed by atoms with E-state index in [1.54, 1.807) is 17.5 Å². The number of aromatic nitrogens is 2. The molecule has 3 nitrogen and oxygen atoms in total. The van der Waals surface area contributed by atoms with Gasteiger partial charge in [0.1, 0.15) is 0 Å². The van der Waals surface area contributed by atoms with Gasteiger partial charge in [0.15, 0.2) is 0 Å². The van der Waals surface area contributed by atoms with Gasteiger partial charge in [-0.2, -0.15) is 0 Å². The SMILES string of the molecule is CNC(Cc1nc(-c2ccccc2)cs1)c1cccnc1. The average Bonchev–Trinajstić information content (AvgIpc) is 3.03. The van der Waals surface area contributed by atoms with Crippen LogP contribution >= 0.6 is 11.3 Å². The Balaban J connectivity index is 1.78. The van der Waals surface area contributed by atoms with Crippen LogP contribution in [0.25, 0.3) is 11.3 Å². The molecule has 3 rings (SSSR count). The molecule has 106 valence electrons. The number of thiazole rings is 1. The standard InChI is InChI=1S/C17H17N3S/c1-18-15(14-8-5-9-19-11-14)10-17-20-16(12-21-17)13-6-3-2-4-7-13/h2-9,11-12,15,18H,10H2,1H3. The molecule has 1 aromatic carbocycles. The van der Waals surface area contributed by atoms with Gasteiger partial charge in [-0.25, -0.2) is 4.98 Å². The molecule has 0 bridgehead atoms. The Bertz CT molecular complexity index is 680. The van der Waals surface area contributed by atoms with Crippen molar-refractivity contribution in [2.24, 2.45) is 0 Å². The molecule has 3 aromatic rings. The zero-order valence-corrected chi connectivity index (χ0v) is 12.7. The van der Waals surface area contributed by atoms with Crippen LogP contribution in [0.3, 0.4) is 0 Å². The van der Waals surface area contributed by atoms with Gasteiger partial charge in [0.05, 0.1) is 10.7 Å². The van der Waals surface area contributed by atoms with E-state index in [-0.39, 0.29) is 6.04 Å². The number of rotatable bonds is 5. The van der Waals surface area contributed by atoms with E-state index >= 15 is 0 Å². The highest BCUT2D eigenvalue weighted by atomic mass is 32.1. The third-order valence-corrected chi connectivity index (χ3v) is 4.31. The lowest BCUT2D eigenvalue weighted by molar-refractivity contribution is 0.588. The summed E-state index contributed by atoms with van der Waals surface area (Å²) >= 11 is 1.71. The maximum Gasteiger partial charge on any atom is 0.0951 e. The number of nitrogens with zero attached hydrogens (tertiary/aromatic N) is 2. The largest absolute Gasteiger partial charge is 0.313 e. The Morgan fingerprint density at radius 1 is 1.14 bits per heavy atom. The van der Waals surface area contributed by atoms with E-state index in [1.165, 1.54) is 11.1 Å². The Labute approximate surface area is 128 Å². The molecule has 1 unspecified atom stereocenters. The van der Waals surface area contributed by atoms with Crippen LogP contribution < -0.4 is 5.32 Å². The first-order chi connectivity index (χ1) is 10.4. The van der Waals surface area contributed by atoms with E-state index in [1.807, 2.05) is 37.5 Å². The van der Waals surface area contributed by atoms with E-state index in [0.29, 0.717) is 0 Å². The molecule has 1 atom stereocenters. The van der Waals surface area contributed by atoms with Gasteiger partial charge in [0.2, 0.25) is 0 Å². The molecule has 2 aromatic heterocycles. The van der Waals surface area contributed by atoms with Gasteiger partial charge in [-0.05, 0) is 18.7 Å².